The van der Waals surface area contributed by atoms with Gasteiger partial charge in [-0.1, -0.05) is 5.16 Å². The Morgan fingerprint density at radius 2 is 1.97 bits per heavy atom. The van der Waals surface area contributed by atoms with Gasteiger partial charge in [-0.25, -0.2) is 17.9 Å². The number of nitrogens with one attached hydrogen (secondary N) is 1. The standard InChI is InChI=1S/C21H24N4O6S/c1-13-9-15(31-22-13)12-25-19(26)17-10-16(32(28,29)23-21(2)6-7-21)3-4-18(17)24(20(25)27)11-14-5-8-30-14/h3-4,9-10,14,23H,5-8,11-12H2,1-2H3. The van der Waals surface area contributed by atoms with Crippen LogP contribution in [-0.2, 0) is 27.8 Å². The molecule has 32 heavy (non-hydrogen) atoms. The highest BCUT2D eigenvalue weighted by molar-refractivity contribution is 7.89. The second-order valence-electron chi connectivity index (χ2n) is 8.85. The van der Waals surface area contributed by atoms with Gasteiger partial charge in [-0.2, -0.15) is 0 Å². The number of hydrogen-bond acceptors (Lipinski definition) is 7. The van der Waals surface area contributed by atoms with Gasteiger partial charge in [0.2, 0.25) is 10.0 Å². The molecular formula is C21H24N4O6S. The van der Waals surface area contributed by atoms with Crippen LogP contribution in [0.2, 0.25) is 0 Å². The van der Waals surface area contributed by atoms with Crippen LogP contribution in [0.4, 0.5) is 0 Å². The van der Waals surface area contributed by atoms with Crippen molar-refractivity contribution >= 4 is 20.9 Å². The summed E-state index contributed by atoms with van der Waals surface area (Å²) < 4.78 is 41.6. The molecule has 0 bridgehead atoms. The number of fused-ring (bicyclic) bond motifs is 1. The Kier molecular flexibility index (Phi) is 4.88. The van der Waals surface area contributed by atoms with E-state index in [2.05, 4.69) is 9.88 Å². The van der Waals surface area contributed by atoms with E-state index in [9.17, 15) is 18.0 Å². The number of nitrogens with zero attached hydrogens (tertiary/aromatic N) is 3. The Balaban J connectivity index is 1.66. The molecule has 10 nitrogen and oxygen atoms in total. The van der Waals surface area contributed by atoms with Gasteiger partial charge in [-0.05, 0) is 51.3 Å². The molecule has 3 heterocycles. The summed E-state index contributed by atoms with van der Waals surface area (Å²) in [5.74, 6) is 0.361. The molecule has 0 amide bonds. The van der Waals surface area contributed by atoms with E-state index in [4.69, 9.17) is 9.26 Å². The average Bonchev–Trinajstić information content (AvgIpc) is 3.27. The lowest BCUT2D eigenvalue weighted by Gasteiger charge is -2.27. The fourth-order valence-electron chi connectivity index (χ4n) is 3.84. The number of sulfonamides is 1. The van der Waals surface area contributed by atoms with Crippen LogP contribution in [-0.4, -0.2) is 41.0 Å². The number of hydrogen-bond donors (Lipinski definition) is 1. The molecule has 2 fully saturated rings. The summed E-state index contributed by atoms with van der Waals surface area (Å²) in [5, 5.41) is 3.95. The average molecular weight is 461 g/mol. The molecule has 1 aromatic carbocycles. The van der Waals surface area contributed by atoms with Crippen LogP contribution < -0.4 is 16.0 Å². The number of benzene rings is 1. The van der Waals surface area contributed by atoms with E-state index < -0.39 is 26.8 Å². The molecule has 2 aliphatic rings. The van der Waals surface area contributed by atoms with Crippen LogP contribution in [0.3, 0.4) is 0 Å². The Hall–Kier alpha value is -2.76. The predicted octanol–water partition coefficient (Wildman–Crippen LogP) is 1.13. The molecule has 0 spiro atoms. The minimum absolute atomic E-state index is 0.0117. The lowest BCUT2D eigenvalue weighted by atomic mass is 10.1. The van der Waals surface area contributed by atoms with Gasteiger partial charge >= 0.3 is 5.69 Å². The van der Waals surface area contributed by atoms with Crippen molar-refractivity contribution in [1.29, 1.82) is 0 Å². The zero-order chi connectivity index (χ0) is 22.7. The Morgan fingerprint density at radius 1 is 1.22 bits per heavy atom. The second-order valence-corrected chi connectivity index (χ2v) is 10.5. The van der Waals surface area contributed by atoms with Crippen molar-refractivity contribution in [2.75, 3.05) is 6.61 Å². The van der Waals surface area contributed by atoms with E-state index in [1.165, 1.54) is 22.8 Å². The maximum absolute atomic E-state index is 13.3. The van der Waals surface area contributed by atoms with Crippen LogP contribution >= 0.6 is 0 Å². The minimum atomic E-state index is -3.81. The smallest absolute Gasteiger partial charge is 0.331 e. The van der Waals surface area contributed by atoms with Crippen LogP contribution in [0.5, 0.6) is 0 Å². The number of aryl methyl sites for hydroxylation is 1. The van der Waals surface area contributed by atoms with Crippen LogP contribution in [0.1, 0.15) is 37.6 Å². The molecular weight excluding hydrogens is 436 g/mol. The fourth-order valence-corrected chi connectivity index (χ4v) is 5.33. The molecule has 1 unspecified atom stereocenters. The maximum Gasteiger partial charge on any atom is 0.331 e. The summed E-state index contributed by atoms with van der Waals surface area (Å²) in [4.78, 5) is 26.5. The third-order valence-electron chi connectivity index (χ3n) is 6.06. The van der Waals surface area contributed by atoms with Gasteiger partial charge in [-0.3, -0.25) is 13.9 Å². The zero-order valence-corrected chi connectivity index (χ0v) is 18.6. The quantitative estimate of drug-likeness (QED) is 0.560. The molecule has 5 rings (SSSR count). The molecule has 1 aliphatic carbocycles. The van der Waals surface area contributed by atoms with E-state index >= 15 is 0 Å². The monoisotopic (exact) mass is 460 g/mol. The molecule has 1 saturated heterocycles. The van der Waals surface area contributed by atoms with Crippen molar-refractivity contribution in [2.24, 2.45) is 0 Å². The third-order valence-corrected chi connectivity index (χ3v) is 7.69. The third kappa shape index (κ3) is 3.80. The van der Waals surface area contributed by atoms with Crippen molar-refractivity contribution in [3.8, 4) is 0 Å². The molecule has 170 valence electrons. The molecule has 1 atom stereocenters. The maximum atomic E-state index is 13.3. The summed E-state index contributed by atoms with van der Waals surface area (Å²) in [7, 11) is -3.81. The highest BCUT2D eigenvalue weighted by Gasteiger charge is 2.41. The summed E-state index contributed by atoms with van der Waals surface area (Å²) >= 11 is 0. The first-order chi connectivity index (χ1) is 15.2. The highest BCUT2D eigenvalue weighted by Crippen LogP contribution is 2.36. The van der Waals surface area contributed by atoms with Crippen molar-refractivity contribution in [3.63, 3.8) is 0 Å². The van der Waals surface area contributed by atoms with E-state index in [0.29, 0.717) is 23.6 Å². The van der Waals surface area contributed by atoms with Crippen LogP contribution in [0.25, 0.3) is 10.9 Å². The van der Waals surface area contributed by atoms with Crippen molar-refractivity contribution in [3.05, 3.63) is 56.6 Å². The van der Waals surface area contributed by atoms with E-state index in [1.807, 2.05) is 6.92 Å². The van der Waals surface area contributed by atoms with Gasteiger partial charge < -0.3 is 9.26 Å². The fraction of sp³-hybridized carbons (Fsp3) is 0.476. The number of aromatic nitrogens is 3. The summed E-state index contributed by atoms with van der Waals surface area (Å²) in [6.07, 6.45) is 2.21. The lowest BCUT2D eigenvalue weighted by Crippen LogP contribution is -2.44. The number of ether oxygens (including phenoxy) is 1. The van der Waals surface area contributed by atoms with Crippen molar-refractivity contribution in [1.82, 2.24) is 19.0 Å². The summed E-state index contributed by atoms with van der Waals surface area (Å²) in [5.41, 5.74) is -0.536. The van der Waals surface area contributed by atoms with Crippen molar-refractivity contribution < 1.29 is 17.7 Å². The van der Waals surface area contributed by atoms with Gasteiger partial charge in [0.05, 0.1) is 40.7 Å². The Bertz CT molecular complexity index is 1430. The molecule has 1 saturated carbocycles. The largest absolute Gasteiger partial charge is 0.376 e. The topological polar surface area (TPSA) is 125 Å². The molecule has 11 heteroatoms. The first-order valence-electron chi connectivity index (χ1n) is 10.5. The molecule has 2 aromatic heterocycles. The second kappa shape index (κ2) is 7.39. The molecule has 1 aliphatic heterocycles. The molecule has 3 aromatic rings. The van der Waals surface area contributed by atoms with E-state index in [0.717, 1.165) is 23.8 Å². The highest BCUT2D eigenvalue weighted by atomic mass is 32.2. The zero-order valence-electron chi connectivity index (χ0n) is 17.8. The predicted molar refractivity (Wildman–Crippen MR) is 115 cm³/mol. The van der Waals surface area contributed by atoms with Crippen molar-refractivity contribution in [2.45, 2.75) is 62.7 Å². The van der Waals surface area contributed by atoms with Gasteiger partial charge in [0.25, 0.3) is 5.56 Å². The van der Waals surface area contributed by atoms with Gasteiger partial charge in [0, 0.05) is 18.2 Å². The lowest BCUT2D eigenvalue weighted by molar-refractivity contribution is -0.0593. The van der Waals surface area contributed by atoms with Gasteiger partial charge in [0.1, 0.15) is 0 Å². The molecule has 0 radical (unpaired) electrons. The number of rotatable bonds is 7. The SMILES string of the molecule is Cc1cc(Cn2c(=O)c3cc(S(=O)(=O)NC4(C)CC4)ccc3n(CC3CCO3)c2=O)on1. The molecule has 1 N–H and O–H groups in total. The van der Waals surface area contributed by atoms with E-state index in [1.54, 1.807) is 13.0 Å². The Morgan fingerprint density at radius 3 is 2.56 bits per heavy atom. The van der Waals surface area contributed by atoms with Gasteiger partial charge in [-0.15, -0.1) is 0 Å². The van der Waals surface area contributed by atoms with E-state index in [-0.39, 0.29) is 29.5 Å². The normalized spacial score (nSPS) is 19.8. The Labute approximate surface area is 183 Å². The first-order valence-corrected chi connectivity index (χ1v) is 12.0. The minimum Gasteiger partial charge on any atom is -0.376 e. The summed E-state index contributed by atoms with van der Waals surface area (Å²) in [6.45, 7) is 4.38. The van der Waals surface area contributed by atoms with Crippen LogP contribution in [0, 0.1) is 6.92 Å². The summed E-state index contributed by atoms with van der Waals surface area (Å²) in [6, 6.07) is 5.93. The first kappa shape index (κ1) is 21.1. The van der Waals surface area contributed by atoms with Gasteiger partial charge in [0.15, 0.2) is 5.76 Å². The van der Waals surface area contributed by atoms with Crippen LogP contribution in [0.15, 0.2) is 43.3 Å².